The zero-order valence-corrected chi connectivity index (χ0v) is 13.9. The van der Waals surface area contributed by atoms with Gasteiger partial charge >= 0.3 is 0 Å². The van der Waals surface area contributed by atoms with Crippen LogP contribution in [0.3, 0.4) is 0 Å². The van der Waals surface area contributed by atoms with Crippen LogP contribution in [0.15, 0.2) is 16.8 Å². The molecule has 7 heteroatoms. The summed E-state index contributed by atoms with van der Waals surface area (Å²) in [6.45, 7) is 5.69. The lowest BCUT2D eigenvalue weighted by Gasteiger charge is -2.32. The maximum atomic E-state index is 8.91. The van der Waals surface area contributed by atoms with Crippen LogP contribution < -0.4 is 4.90 Å². The first-order chi connectivity index (χ1) is 11.1. The molecule has 2 aromatic heterocycles. The molecular weight excluding hydrogens is 314 g/mol. The van der Waals surface area contributed by atoms with Gasteiger partial charge in [-0.15, -0.1) is 0 Å². The Morgan fingerprint density at radius 2 is 2.30 bits per heavy atom. The van der Waals surface area contributed by atoms with Crippen LogP contribution in [0.5, 0.6) is 0 Å². The molecule has 6 nitrogen and oxygen atoms in total. The van der Waals surface area contributed by atoms with E-state index in [-0.39, 0.29) is 11.8 Å². The molecular formula is C16H18ClN5O. The summed E-state index contributed by atoms with van der Waals surface area (Å²) in [5.74, 6) is 2.57. The van der Waals surface area contributed by atoms with E-state index in [1.165, 1.54) is 0 Å². The van der Waals surface area contributed by atoms with Crippen molar-refractivity contribution >= 4 is 17.4 Å². The van der Waals surface area contributed by atoms with E-state index < -0.39 is 0 Å². The fraction of sp³-hybridized carbons (Fsp3) is 0.500. The summed E-state index contributed by atoms with van der Waals surface area (Å²) in [7, 11) is 0. The van der Waals surface area contributed by atoms with E-state index in [9.17, 15) is 0 Å². The molecule has 0 N–H and O–H groups in total. The van der Waals surface area contributed by atoms with Crippen molar-refractivity contribution in [3.63, 3.8) is 0 Å². The number of aromatic nitrogens is 3. The normalized spacial score (nSPS) is 18.2. The largest absolute Gasteiger partial charge is 0.355 e. The minimum absolute atomic E-state index is 0.202. The van der Waals surface area contributed by atoms with Gasteiger partial charge in [0.25, 0.3) is 0 Å². The molecule has 3 rings (SSSR count). The second-order valence-electron chi connectivity index (χ2n) is 6.07. The second-order valence-corrected chi connectivity index (χ2v) is 6.48. The van der Waals surface area contributed by atoms with Crippen molar-refractivity contribution in [3.8, 4) is 6.07 Å². The number of piperidine rings is 1. The first kappa shape index (κ1) is 15.8. The number of rotatable bonds is 3. The number of pyridine rings is 1. The van der Waals surface area contributed by atoms with Crippen LogP contribution >= 0.6 is 11.6 Å². The number of nitrogens with zero attached hydrogens (tertiary/aromatic N) is 5. The van der Waals surface area contributed by atoms with Gasteiger partial charge in [-0.1, -0.05) is 30.6 Å². The van der Waals surface area contributed by atoms with E-state index in [1.54, 1.807) is 12.3 Å². The highest BCUT2D eigenvalue weighted by Gasteiger charge is 2.27. The second kappa shape index (κ2) is 6.55. The van der Waals surface area contributed by atoms with Crippen molar-refractivity contribution in [1.29, 1.82) is 5.26 Å². The quantitative estimate of drug-likeness (QED) is 0.856. The Morgan fingerprint density at radius 1 is 1.48 bits per heavy atom. The highest BCUT2D eigenvalue weighted by molar-refractivity contribution is 6.33. The zero-order chi connectivity index (χ0) is 16.4. The minimum atomic E-state index is 0.202. The van der Waals surface area contributed by atoms with Gasteiger partial charge in [0, 0.05) is 31.1 Å². The Bertz CT molecular complexity index is 736. The van der Waals surface area contributed by atoms with Crippen LogP contribution in [0.1, 0.15) is 55.8 Å². The molecule has 3 heterocycles. The molecule has 0 aromatic carbocycles. The SMILES string of the molecule is CC(C)c1nc(C2CCCN(c3ncc(C#N)cc3Cl)C2)no1. The molecule has 1 aliphatic rings. The molecule has 0 amide bonds. The average Bonchev–Trinajstić information content (AvgIpc) is 3.05. The molecule has 1 atom stereocenters. The van der Waals surface area contributed by atoms with Crippen LogP contribution in [-0.4, -0.2) is 28.2 Å². The van der Waals surface area contributed by atoms with E-state index in [0.717, 1.165) is 31.8 Å². The Kier molecular flexibility index (Phi) is 4.49. The summed E-state index contributed by atoms with van der Waals surface area (Å²) in [6, 6.07) is 3.70. The maximum Gasteiger partial charge on any atom is 0.229 e. The molecule has 1 unspecified atom stereocenters. The lowest BCUT2D eigenvalue weighted by Crippen LogP contribution is -2.35. The third kappa shape index (κ3) is 3.30. The average molecular weight is 332 g/mol. The third-order valence-corrected chi connectivity index (χ3v) is 4.27. The van der Waals surface area contributed by atoms with E-state index in [0.29, 0.717) is 22.3 Å². The molecule has 23 heavy (non-hydrogen) atoms. The molecule has 1 aliphatic heterocycles. The number of anilines is 1. The minimum Gasteiger partial charge on any atom is -0.355 e. The fourth-order valence-corrected chi connectivity index (χ4v) is 3.04. The van der Waals surface area contributed by atoms with Crippen molar-refractivity contribution in [1.82, 2.24) is 15.1 Å². The lowest BCUT2D eigenvalue weighted by molar-refractivity contribution is 0.354. The van der Waals surface area contributed by atoms with E-state index in [1.807, 2.05) is 19.9 Å². The van der Waals surface area contributed by atoms with Gasteiger partial charge in [-0.3, -0.25) is 0 Å². The first-order valence-corrected chi connectivity index (χ1v) is 8.10. The van der Waals surface area contributed by atoms with Gasteiger partial charge in [0.05, 0.1) is 10.6 Å². The van der Waals surface area contributed by atoms with Crippen LogP contribution in [0.2, 0.25) is 5.02 Å². The van der Waals surface area contributed by atoms with Crippen LogP contribution in [-0.2, 0) is 0 Å². The molecule has 0 saturated carbocycles. The highest BCUT2D eigenvalue weighted by Crippen LogP contribution is 2.32. The molecule has 0 radical (unpaired) electrons. The Labute approximate surface area is 140 Å². The number of hydrogen-bond acceptors (Lipinski definition) is 6. The molecule has 1 fully saturated rings. The van der Waals surface area contributed by atoms with Crippen LogP contribution in [0.25, 0.3) is 0 Å². The molecule has 2 aromatic rings. The van der Waals surface area contributed by atoms with Gasteiger partial charge in [0.2, 0.25) is 5.89 Å². The summed E-state index contributed by atoms with van der Waals surface area (Å²) in [6.07, 6.45) is 3.58. The topological polar surface area (TPSA) is 78.8 Å². The van der Waals surface area contributed by atoms with Crippen molar-refractivity contribution in [2.24, 2.45) is 0 Å². The molecule has 0 spiro atoms. The number of nitriles is 1. The molecule has 1 saturated heterocycles. The summed E-state index contributed by atoms with van der Waals surface area (Å²) < 4.78 is 5.32. The third-order valence-electron chi connectivity index (χ3n) is 3.99. The maximum absolute atomic E-state index is 8.91. The smallest absolute Gasteiger partial charge is 0.229 e. The van der Waals surface area contributed by atoms with Crippen molar-refractivity contribution < 1.29 is 4.52 Å². The highest BCUT2D eigenvalue weighted by atomic mass is 35.5. The molecule has 120 valence electrons. The zero-order valence-electron chi connectivity index (χ0n) is 13.2. The monoisotopic (exact) mass is 331 g/mol. The predicted octanol–water partition coefficient (Wildman–Crippen LogP) is 3.50. The van der Waals surface area contributed by atoms with Gasteiger partial charge in [-0.05, 0) is 18.9 Å². The van der Waals surface area contributed by atoms with Crippen molar-refractivity contribution in [3.05, 3.63) is 34.6 Å². The fourth-order valence-electron chi connectivity index (χ4n) is 2.75. The van der Waals surface area contributed by atoms with Crippen molar-refractivity contribution in [2.75, 3.05) is 18.0 Å². The van der Waals surface area contributed by atoms with Gasteiger partial charge in [0.15, 0.2) is 5.82 Å². The predicted molar refractivity (Wildman–Crippen MR) is 86.5 cm³/mol. The summed E-state index contributed by atoms with van der Waals surface area (Å²) in [5.41, 5.74) is 0.465. The van der Waals surface area contributed by atoms with Gasteiger partial charge in [-0.25, -0.2) is 4.98 Å². The van der Waals surface area contributed by atoms with Crippen LogP contribution in [0, 0.1) is 11.3 Å². The van der Waals surface area contributed by atoms with E-state index >= 15 is 0 Å². The van der Waals surface area contributed by atoms with Gasteiger partial charge in [-0.2, -0.15) is 10.2 Å². The van der Waals surface area contributed by atoms with E-state index in [2.05, 4.69) is 20.0 Å². The molecule has 0 bridgehead atoms. The number of halogens is 1. The molecule has 0 aliphatic carbocycles. The van der Waals surface area contributed by atoms with Crippen molar-refractivity contribution in [2.45, 2.75) is 38.5 Å². The Morgan fingerprint density at radius 3 is 2.96 bits per heavy atom. The summed E-state index contributed by atoms with van der Waals surface area (Å²) in [5, 5.41) is 13.5. The Hall–Kier alpha value is -2.13. The standard InChI is InChI=1S/C16H18ClN5O/c1-10(2)16-20-14(21-23-16)12-4-3-5-22(9-12)15-13(17)6-11(7-18)8-19-15/h6,8,10,12H,3-5,9H2,1-2H3. The van der Waals surface area contributed by atoms with Gasteiger partial charge < -0.3 is 9.42 Å². The first-order valence-electron chi connectivity index (χ1n) is 7.72. The Balaban J connectivity index is 1.79. The summed E-state index contributed by atoms with van der Waals surface area (Å²) in [4.78, 5) is 11.0. The van der Waals surface area contributed by atoms with Gasteiger partial charge in [0.1, 0.15) is 11.9 Å². The number of hydrogen-bond donors (Lipinski definition) is 0. The van der Waals surface area contributed by atoms with E-state index in [4.69, 9.17) is 21.4 Å². The lowest BCUT2D eigenvalue weighted by atomic mass is 9.97. The summed E-state index contributed by atoms with van der Waals surface area (Å²) >= 11 is 6.28. The van der Waals surface area contributed by atoms with Crippen LogP contribution in [0.4, 0.5) is 5.82 Å².